The lowest BCUT2D eigenvalue weighted by molar-refractivity contribution is 0.0600. The number of esters is 1. The molecule has 0 unspecified atom stereocenters. The zero-order chi connectivity index (χ0) is 23.4. The summed E-state index contributed by atoms with van der Waals surface area (Å²) in [5, 5.41) is 1.60. The Kier molecular flexibility index (Phi) is 6.93. The highest BCUT2D eigenvalue weighted by atomic mass is 32.2. The molecule has 0 saturated heterocycles. The van der Waals surface area contributed by atoms with Crippen molar-refractivity contribution in [3.63, 3.8) is 0 Å². The largest absolute Gasteiger partial charge is 0.465 e. The zero-order valence-corrected chi connectivity index (χ0v) is 18.9. The monoisotopic (exact) mass is 495 g/mol. The van der Waals surface area contributed by atoms with Crippen LogP contribution in [0, 0.1) is 0 Å². The maximum absolute atomic E-state index is 12.6. The number of para-hydroxylation sites is 1. The lowest BCUT2D eigenvalue weighted by Gasteiger charge is -2.13. The van der Waals surface area contributed by atoms with Gasteiger partial charge in [0.2, 0.25) is 0 Å². The molecule has 1 aromatic heterocycles. The first-order valence-electron chi connectivity index (χ1n) is 8.80. The van der Waals surface area contributed by atoms with Crippen molar-refractivity contribution in [2.24, 2.45) is 0 Å². The zero-order valence-electron chi connectivity index (χ0n) is 16.4. The molecule has 0 aliphatic heterocycles. The molecule has 13 heteroatoms. The second-order valence-corrected chi connectivity index (χ2v) is 10.7. The molecule has 32 heavy (non-hydrogen) atoms. The van der Waals surface area contributed by atoms with Crippen LogP contribution in [0.5, 0.6) is 0 Å². The summed E-state index contributed by atoms with van der Waals surface area (Å²) >= 11 is 1.01. The van der Waals surface area contributed by atoms with Crippen LogP contribution in [0.2, 0.25) is 0 Å². The van der Waals surface area contributed by atoms with Crippen LogP contribution in [-0.4, -0.2) is 35.8 Å². The third kappa shape index (κ3) is 5.31. The second-order valence-electron chi connectivity index (χ2n) is 6.16. The topological polar surface area (TPSA) is 148 Å². The number of thiophene rings is 1. The van der Waals surface area contributed by atoms with Crippen molar-refractivity contribution < 1.29 is 31.2 Å². The van der Waals surface area contributed by atoms with Crippen molar-refractivity contribution in [2.75, 3.05) is 11.8 Å². The van der Waals surface area contributed by atoms with Crippen molar-refractivity contribution in [1.29, 1.82) is 0 Å². The van der Waals surface area contributed by atoms with Crippen molar-refractivity contribution in [1.82, 2.24) is 10.3 Å². The first-order chi connectivity index (χ1) is 15.1. The van der Waals surface area contributed by atoms with Gasteiger partial charge in [0.15, 0.2) is 0 Å². The van der Waals surface area contributed by atoms with Gasteiger partial charge in [-0.05, 0) is 47.8 Å². The Balaban J connectivity index is 1.74. The maximum atomic E-state index is 12.6. The summed E-state index contributed by atoms with van der Waals surface area (Å²) < 4.78 is 56.7. The summed E-state index contributed by atoms with van der Waals surface area (Å²) in [6.07, 6.45) is 0. The molecule has 0 saturated carbocycles. The molecule has 168 valence electrons. The van der Waals surface area contributed by atoms with Gasteiger partial charge in [-0.2, -0.15) is 0 Å². The number of sulfonamides is 2. The molecule has 0 fully saturated rings. The average molecular weight is 496 g/mol. The minimum absolute atomic E-state index is 0.0278. The predicted octanol–water partition coefficient (Wildman–Crippen LogP) is 1.96. The molecule has 3 rings (SSSR count). The van der Waals surface area contributed by atoms with Gasteiger partial charge in [-0.25, -0.2) is 21.6 Å². The SMILES string of the molecule is COC(=O)c1ccc(S(=O)(=O)NNC(=O)c2ccccc2NS(=O)(=O)c2cccs2)cc1. The Morgan fingerprint density at radius 1 is 0.875 bits per heavy atom. The number of carbonyl (C=O) groups excluding carboxylic acids is 2. The fourth-order valence-corrected chi connectivity index (χ4v) is 5.42. The van der Waals surface area contributed by atoms with Gasteiger partial charge in [0.1, 0.15) is 4.21 Å². The van der Waals surface area contributed by atoms with Crippen LogP contribution in [0.3, 0.4) is 0 Å². The molecule has 0 aliphatic rings. The van der Waals surface area contributed by atoms with Gasteiger partial charge in [-0.1, -0.05) is 18.2 Å². The highest BCUT2D eigenvalue weighted by Gasteiger charge is 2.21. The molecule has 2 aromatic carbocycles. The average Bonchev–Trinajstić information content (AvgIpc) is 3.33. The van der Waals surface area contributed by atoms with E-state index >= 15 is 0 Å². The van der Waals surface area contributed by atoms with E-state index in [1.165, 1.54) is 61.7 Å². The number of hydrogen-bond acceptors (Lipinski definition) is 8. The summed E-state index contributed by atoms with van der Waals surface area (Å²) in [5.41, 5.74) is 2.07. The van der Waals surface area contributed by atoms with Gasteiger partial charge in [0.25, 0.3) is 26.0 Å². The van der Waals surface area contributed by atoms with E-state index < -0.39 is 31.9 Å². The molecule has 3 N–H and O–H groups in total. The van der Waals surface area contributed by atoms with Crippen molar-refractivity contribution in [2.45, 2.75) is 9.10 Å². The molecule has 0 radical (unpaired) electrons. The van der Waals surface area contributed by atoms with E-state index in [4.69, 9.17) is 0 Å². The van der Waals surface area contributed by atoms with Gasteiger partial charge in [0, 0.05) is 0 Å². The van der Waals surface area contributed by atoms with Crippen LogP contribution in [0.15, 0.2) is 75.1 Å². The number of amides is 1. The number of methoxy groups -OCH3 is 1. The van der Waals surface area contributed by atoms with E-state index in [0.717, 1.165) is 11.3 Å². The number of benzene rings is 2. The normalized spacial score (nSPS) is 11.5. The van der Waals surface area contributed by atoms with Crippen LogP contribution in [0.25, 0.3) is 0 Å². The highest BCUT2D eigenvalue weighted by molar-refractivity contribution is 7.94. The van der Waals surface area contributed by atoms with Crippen LogP contribution in [0.1, 0.15) is 20.7 Å². The molecule has 1 heterocycles. The second kappa shape index (κ2) is 9.48. The Morgan fingerprint density at radius 3 is 2.19 bits per heavy atom. The number of hydrazine groups is 1. The van der Waals surface area contributed by atoms with Crippen molar-refractivity contribution in [3.8, 4) is 0 Å². The summed E-state index contributed by atoms with van der Waals surface area (Å²) in [6, 6.07) is 13.6. The third-order valence-corrected chi connectivity index (χ3v) is 8.09. The standard InChI is InChI=1S/C19H17N3O7S3/c1-29-19(24)13-8-10-14(11-9-13)31(25,26)22-20-18(23)15-5-2-3-6-16(15)21-32(27,28)17-7-4-12-30-17/h2-12,21-22H,1H3,(H,20,23). The first-order valence-corrected chi connectivity index (χ1v) is 12.6. The van der Waals surface area contributed by atoms with E-state index in [1.54, 1.807) is 11.4 Å². The molecule has 0 spiro atoms. The van der Waals surface area contributed by atoms with Gasteiger partial charge in [0.05, 0.1) is 28.8 Å². The van der Waals surface area contributed by atoms with E-state index in [0.29, 0.717) is 0 Å². The molecule has 3 aromatic rings. The van der Waals surface area contributed by atoms with Gasteiger partial charge in [-0.3, -0.25) is 14.9 Å². The Hall–Kier alpha value is -3.26. The van der Waals surface area contributed by atoms with Crippen molar-refractivity contribution >= 4 is 48.9 Å². The Bertz CT molecular complexity index is 1340. The van der Waals surface area contributed by atoms with Crippen molar-refractivity contribution in [3.05, 3.63) is 77.2 Å². The first kappa shape index (κ1) is 23.4. The van der Waals surface area contributed by atoms with Crippen LogP contribution in [-0.2, 0) is 24.8 Å². The quantitative estimate of drug-likeness (QED) is 0.320. The summed E-state index contributed by atoms with van der Waals surface area (Å²) in [6.45, 7) is 0. The van der Waals surface area contributed by atoms with Crippen LogP contribution >= 0.6 is 11.3 Å². The molecular formula is C19H17N3O7S3. The number of nitrogens with one attached hydrogen (secondary N) is 3. The smallest absolute Gasteiger partial charge is 0.337 e. The van der Waals surface area contributed by atoms with Gasteiger partial charge >= 0.3 is 5.97 Å². The summed E-state index contributed by atoms with van der Waals surface area (Å²) in [5.74, 6) is -1.51. The minimum Gasteiger partial charge on any atom is -0.465 e. The Labute approximate surface area is 188 Å². The lowest BCUT2D eigenvalue weighted by atomic mass is 10.2. The number of carbonyl (C=O) groups is 2. The van der Waals surface area contributed by atoms with Gasteiger partial charge < -0.3 is 4.74 Å². The number of rotatable bonds is 8. The molecule has 0 bridgehead atoms. The fourth-order valence-electron chi connectivity index (χ4n) is 2.51. The third-order valence-electron chi connectivity index (χ3n) is 4.06. The number of ether oxygens (including phenoxy) is 1. The predicted molar refractivity (Wildman–Crippen MR) is 117 cm³/mol. The molecule has 10 nitrogen and oxygen atoms in total. The molecule has 0 aliphatic carbocycles. The molecular weight excluding hydrogens is 478 g/mol. The number of anilines is 1. The summed E-state index contributed by atoms with van der Waals surface area (Å²) in [7, 11) is -6.88. The molecule has 0 atom stereocenters. The van der Waals surface area contributed by atoms with E-state index in [-0.39, 0.29) is 25.9 Å². The van der Waals surface area contributed by atoms with Crippen LogP contribution < -0.4 is 15.0 Å². The van der Waals surface area contributed by atoms with Gasteiger partial charge in [-0.15, -0.1) is 16.2 Å². The van der Waals surface area contributed by atoms with Crippen LogP contribution in [0.4, 0.5) is 5.69 Å². The highest BCUT2D eigenvalue weighted by Crippen LogP contribution is 2.23. The van der Waals surface area contributed by atoms with E-state index in [1.807, 2.05) is 10.3 Å². The minimum atomic E-state index is -4.17. The molecule has 1 amide bonds. The Morgan fingerprint density at radius 2 is 1.56 bits per heavy atom. The lowest BCUT2D eigenvalue weighted by Crippen LogP contribution is -2.41. The fraction of sp³-hybridized carbons (Fsp3) is 0.0526. The number of hydrogen-bond donors (Lipinski definition) is 3. The summed E-state index contributed by atoms with van der Waals surface area (Å²) in [4.78, 5) is 25.8. The maximum Gasteiger partial charge on any atom is 0.337 e. The van der Waals surface area contributed by atoms with E-state index in [2.05, 4.69) is 9.46 Å². The van der Waals surface area contributed by atoms with E-state index in [9.17, 15) is 26.4 Å².